The molecule has 0 radical (unpaired) electrons. The van der Waals surface area contributed by atoms with Gasteiger partial charge in [0.15, 0.2) is 6.29 Å². The van der Waals surface area contributed by atoms with Crippen molar-refractivity contribution in [2.24, 2.45) is 4.99 Å². The van der Waals surface area contributed by atoms with Crippen LogP contribution in [0.1, 0.15) is 22.9 Å². The largest absolute Gasteiger partial charge is 0.416 e. The third kappa shape index (κ3) is 4.35. The fourth-order valence-corrected chi connectivity index (χ4v) is 2.10. The second-order valence-corrected chi connectivity index (χ2v) is 5.59. The van der Waals surface area contributed by atoms with Crippen molar-refractivity contribution >= 4 is 28.6 Å². The second-order valence-electron chi connectivity index (χ2n) is 4.67. The van der Waals surface area contributed by atoms with Crippen LogP contribution in [0.5, 0.6) is 0 Å². The molecular formula is C13H8BrF6N3O. The third-order valence-corrected chi connectivity index (χ3v) is 3.30. The number of alkyl halides is 6. The molecule has 24 heavy (non-hydrogen) atoms. The van der Waals surface area contributed by atoms with Crippen LogP contribution in [-0.2, 0) is 17.1 Å². The molecule has 2 rings (SSSR count). The molecule has 0 aromatic heterocycles. The van der Waals surface area contributed by atoms with Gasteiger partial charge < -0.3 is 0 Å². The fraction of sp³-hybridized carbons (Fsp3) is 0.231. The number of nitrogens with zero attached hydrogens (tertiary/aromatic N) is 2. The maximum Gasteiger partial charge on any atom is 0.416 e. The fourth-order valence-electron chi connectivity index (χ4n) is 1.88. The molecular weight excluding hydrogens is 408 g/mol. The van der Waals surface area contributed by atoms with Crippen molar-refractivity contribution in [3.8, 4) is 0 Å². The molecule has 1 N–H and O–H groups in total. The number of carbonyl (C=O) groups is 1. The van der Waals surface area contributed by atoms with E-state index in [9.17, 15) is 31.1 Å². The van der Waals surface area contributed by atoms with Crippen molar-refractivity contribution in [2.75, 3.05) is 0 Å². The Bertz CT molecular complexity index is 666. The number of halogens is 7. The summed E-state index contributed by atoms with van der Waals surface area (Å²) in [5.74, 6) is 0. The lowest BCUT2D eigenvalue weighted by molar-refractivity contribution is -0.143. The van der Waals surface area contributed by atoms with E-state index in [0.717, 1.165) is 11.3 Å². The lowest BCUT2D eigenvalue weighted by Gasteiger charge is -2.18. The SMILES string of the molecule is O=C/C(Br)=C/N1C=NC(c2cc(C(F)(F)F)cc(C(F)(F)F)c2)N1. The van der Waals surface area contributed by atoms with E-state index in [1.165, 1.54) is 6.20 Å². The van der Waals surface area contributed by atoms with E-state index < -0.39 is 29.6 Å². The average Bonchev–Trinajstić information content (AvgIpc) is 2.93. The highest BCUT2D eigenvalue weighted by Gasteiger charge is 2.37. The second kappa shape index (κ2) is 6.55. The molecule has 1 heterocycles. The first kappa shape index (κ1) is 18.5. The van der Waals surface area contributed by atoms with Gasteiger partial charge in [0.25, 0.3) is 0 Å². The summed E-state index contributed by atoms with van der Waals surface area (Å²) in [6.45, 7) is 0. The normalized spacial score (nSPS) is 19.0. The minimum atomic E-state index is -4.93. The Morgan fingerprint density at radius 2 is 1.67 bits per heavy atom. The zero-order valence-corrected chi connectivity index (χ0v) is 13.1. The zero-order chi connectivity index (χ0) is 18.1. The molecule has 1 aromatic rings. The zero-order valence-electron chi connectivity index (χ0n) is 11.5. The number of nitrogens with one attached hydrogen (secondary N) is 1. The molecule has 1 aliphatic rings. The molecule has 1 unspecified atom stereocenters. The van der Waals surface area contributed by atoms with E-state index in [0.29, 0.717) is 18.4 Å². The van der Waals surface area contributed by atoms with Crippen molar-refractivity contribution in [2.45, 2.75) is 18.5 Å². The van der Waals surface area contributed by atoms with Crippen LogP contribution >= 0.6 is 15.9 Å². The van der Waals surface area contributed by atoms with Gasteiger partial charge in [-0.05, 0) is 39.7 Å². The number of aliphatic imine (C=N–C) groups is 1. The molecule has 0 fully saturated rings. The summed E-state index contributed by atoms with van der Waals surface area (Å²) >= 11 is 2.89. The molecule has 130 valence electrons. The molecule has 0 saturated carbocycles. The summed E-state index contributed by atoms with van der Waals surface area (Å²) < 4.78 is 77.1. The minimum absolute atomic E-state index is 0.0445. The van der Waals surface area contributed by atoms with Gasteiger partial charge in [-0.2, -0.15) is 26.3 Å². The molecule has 0 saturated heterocycles. The Labute approximate surface area is 139 Å². The Kier molecular flexibility index (Phi) is 5.04. The number of hydrogen-bond acceptors (Lipinski definition) is 4. The van der Waals surface area contributed by atoms with Crippen LogP contribution in [0.3, 0.4) is 0 Å². The number of carbonyl (C=O) groups excluding carboxylic acids is 1. The van der Waals surface area contributed by atoms with Gasteiger partial charge in [0, 0.05) is 6.20 Å². The lowest BCUT2D eigenvalue weighted by atomic mass is 10.0. The van der Waals surface area contributed by atoms with Crippen LogP contribution in [0.25, 0.3) is 0 Å². The predicted octanol–water partition coefficient (Wildman–Crippen LogP) is 4.01. The maximum atomic E-state index is 12.8. The van der Waals surface area contributed by atoms with Gasteiger partial charge >= 0.3 is 12.4 Å². The van der Waals surface area contributed by atoms with Gasteiger partial charge in [0.2, 0.25) is 0 Å². The molecule has 0 bridgehead atoms. The molecule has 0 amide bonds. The van der Waals surface area contributed by atoms with E-state index in [2.05, 4.69) is 26.3 Å². The third-order valence-electron chi connectivity index (χ3n) is 2.91. The summed E-state index contributed by atoms with van der Waals surface area (Å²) in [6.07, 6.45) is -8.22. The van der Waals surface area contributed by atoms with E-state index in [1.54, 1.807) is 0 Å². The number of aldehydes is 1. The monoisotopic (exact) mass is 415 g/mol. The predicted molar refractivity (Wildman–Crippen MR) is 75.7 cm³/mol. The summed E-state index contributed by atoms with van der Waals surface area (Å²) in [5, 5.41) is 1.14. The van der Waals surface area contributed by atoms with E-state index >= 15 is 0 Å². The summed E-state index contributed by atoms with van der Waals surface area (Å²) in [7, 11) is 0. The first-order chi connectivity index (χ1) is 11.0. The van der Waals surface area contributed by atoms with Gasteiger partial charge in [-0.15, -0.1) is 0 Å². The number of allylic oxidation sites excluding steroid dienone is 1. The lowest BCUT2D eigenvalue weighted by Crippen LogP contribution is -2.29. The standard InChI is InChI=1S/C13H8BrF6N3O/c14-10(5-24)4-23-6-21-11(22-23)7-1-8(12(15,16)17)3-9(2-7)13(18,19)20/h1-6,11,22H/b10-4-. The van der Waals surface area contributed by atoms with Gasteiger partial charge in [0.1, 0.15) is 12.5 Å². The summed E-state index contributed by atoms with van der Waals surface area (Å²) in [5.41, 5.74) is -0.620. The van der Waals surface area contributed by atoms with Crippen LogP contribution in [-0.4, -0.2) is 17.6 Å². The smallest absolute Gasteiger partial charge is 0.297 e. The Balaban J connectivity index is 2.37. The van der Waals surface area contributed by atoms with Crippen LogP contribution in [0.15, 0.2) is 33.9 Å². The van der Waals surface area contributed by atoms with E-state index in [-0.39, 0.29) is 16.1 Å². The molecule has 4 nitrogen and oxygen atoms in total. The summed E-state index contributed by atoms with van der Waals surface area (Å²) in [4.78, 5) is 14.3. The number of benzene rings is 1. The maximum absolute atomic E-state index is 12.8. The summed E-state index contributed by atoms with van der Waals surface area (Å²) in [6, 6.07) is 1.22. The highest BCUT2D eigenvalue weighted by molar-refractivity contribution is 9.12. The van der Waals surface area contributed by atoms with Gasteiger partial charge in [-0.25, -0.2) is 10.4 Å². The van der Waals surface area contributed by atoms with Crippen molar-refractivity contribution < 1.29 is 31.1 Å². The van der Waals surface area contributed by atoms with Crippen molar-refractivity contribution in [3.63, 3.8) is 0 Å². The van der Waals surface area contributed by atoms with Gasteiger partial charge in [-0.1, -0.05) is 0 Å². The molecule has 0 spiro atoms. The van der Waals surface area contributed by atoms with E-state index in [1.807, 2.05) is 0 Å². The van der Waals surface area contributed by atoms with E-state index in [4.69, 9.17) is 0 Å². The van der Waals surface area contributed by atoms with Crippen LogP contribution in [0.2, 0.25) is 0 Å². The number of hydrogen-bond donors (Lipinski definition) is 1. The van der Waals surface area contributed by atoms with Crippen LogP contribution in [0.4, 0.5) is 26.3 Å². The molecule has 1 atom stereocenters. The molecule has 0 aliphatic carbocycles. The van der Waals surface area contributed by atoms with Crippen molar-refractivity contribution in [1.29, 1.82) is 0 Å². The quantitative estimate of drug-likeness (QED) is 0.460. The topological polar surface area (TPSA) is 44.7 Å². The minimum Gasteiger partial charge on any atom is -0.297 e. The van der Waals surface area contributed by atoms with Gasteiger partial charge in [0.05, 0.1) is 15.6 Å². The molecule has 11 heteroatoms. The number of hydrazine groups is 1. The highest BCUT2D eigenvalue weighted by Crippen LogP contribution is 2.37. The Morgan fingerprint density at radius 3 is 2.12 bits per heavy atom. The first-order valence-electron chi connectivity index (χ1n) is 6.20. The molecule has 1 aliphatic heterocycles. The Morgan fingerprint density at radius 1 is 1.12 bits per heavy atom. The van der Waals surface area contributed by atoms with Crippen LogP contribution < -0.4 is 5.43 Å². The van der Waals surface area contributed by atoms with Crippen molar-refractivity contribution in [1.82, 2.24) is 10.4 Å². The first-order valence-corrected chi connectivity index (χ1v) is 6.99. The van der Waals surface area contributed by atoms with Gasteiger partial charge in [-0.3, -0.25) is 9.80 Å². The highest BCUT2D eigenvalue weighted by atomic mass is 79.9. The Hall–Kier alpha value is -1.88. The van der Waals surface area contributed by atoms with Crippen molar-refractivity contribution in [3.05, 3.63) is 45.6 Å². The van der Waals surface area contributed by atoms with Crippen LogP contribution in [0, 0.1) is 0 Å². The molecule has 1 aromatic carbocycles. The number of rotatable bonds is 3. The average molecular weight is 416 g/mol.